The average molecular weight is 548 g/mol. The summed E-state index contributed by atoms with van der Waals surface area (Å²) in [4.78, 5) is 17.6. The second-order valence-electron chi connectivity index (χ2n) is 9.17. The number of methoxy groups -OCH3 is 4. The van der Waals surface area contributed by atoms with E-state index in [-0.39, 0.29) is 5.91 Å². The quantitative estimate of drug-likeness (QED) is 0.202. The van der Waals surface area contributed by atoms with Gasteiger partial charge in [0.15, 0.2) is 11.5 Å². The number of rotatable bonds is 15. The highest BCUT2D eigenvalue weighted by molar-refractivity contribution is 5.95. The molecule has 212 valence electrons. The van der Waals surface area contributed by atoms with Crippen molar-refractivity contribution >= 4 is 16.9 Å². The fraction of sp³-hybridized carbons (Fsp3) is 0.355. The Labute approximate surface area is 235 Å². The molecular formula is C31H37N3O6. The highest BCUT2D eigenvalue weighted by Crippen LogP contribution is 2.38. The number of benzene rings is 3. The SMILES string of the molecule is COc1ccc(OCCn2c(CCCCCNC(=O)c3cc(OC)c(OC)c(OC)c3)nc3ccccc32)cc1. The van der Waals surface area contributed by atoms with Gasteiger partial charge in [0.2, 0.25) is 5.75 Å². The molecule has 0 aliphatic rings. The minimum Gasteiger partial charge on any atom is -0.497 e. The van der Waals surface area contributed by atoms with E-state index in [0.717, 1.165) is 54.0 Å². The Morgan fingerprint density at radius 3 is 2.20 bits per heavy atom. The van der Waals surface area contributed by atoms with Gasteiger partial charge in [-0.05, 0) is 61.4 Å². The lowest BCUT2D eigenvalue weighted by atomic mass is 10.1. The van der Waals surface area contributed by atoms with Crippen LogP contribution >= 0.6 is 0 Å². The van der Waals surface area contributed by atoms with E-state index in [1.54, 1.807) is 19.2 Å². The van der Waals surface area contributed by atoms with Crippen LogP contribution in [0, 0.1) is 0 Å². The van der Waals surface area contributed by atoms with Crippen molar-refractivity contribution in [1.82, 2.24) is 14.9 Å². The van der Waals surface area contributed by atoms with Crippen molar-refractivity contribution in [2.75, 3.05) is 41.6 Å². The van der Waals surface area contributed by atoms with Crippen LogP contribution in [0.15, 0.2) is 60.7 Å². The van der Waals surface area contributed by atoms with Crippen LogP contribution in [0.25, 0.3) is 11.0 Å². The van der Waals surface area contributed by atoms with Gasteiger partial charge >= 0.3 is 0 Å². The summed E-state index contributed by atoms with van der Waals surface area (Å²) in [6.45, 7) is 1.81. The van der Waals surface area contributed by atoms with E-state index in [1.807, 2.05) is 42.5 Å². The molecule has 0 unspecified atom stereocenters. The summed E-state index contributed by atoms with van der Waals surface area (Å²) in [5, 5.41) is 2.99. The molecule has 1 heterocycles. The van der Waals surface area contributed by atoms with Crippen molar-refractivity contribution in [1.29, 1.82) is 0 Å². The van der Waals surface area contributed by atoms with Gasteiger partial charge in [0, 0.05) is 18.5 Å². The second-order valence-corrected chi connectivity index (χ2v) is 9.17. The molecule has 0 bridgehead atoms. The maximum absolute atomic E-state index is 12.7. The predicted octanol–water partition coefficient (Wildman–Crippen LogP) is 5.29. The van der Waals surface area contributed by atoms with Gasteiger partial charge in [-0.2, -0.15) is 0 Å². The molecule has 4 rings (SSSR count). The van der Waals surface area contributed by atoms with Crippen molar-refractivity contribution in [2.45, 2.75) is 32.2 Å². The molecule has 0 saturated heterocycles. The summed E-state index contributed by atoms with van der Waals surface area (Å²) < 4.78 is 29.5. The Kier molecular flexibility index (Phi) is 10.1. The molecule has 9 heteroatoms. The number of nitrogens with zero attached hydrogens (tertiary/aromatic N) is 2. The summed E-state index contributed by atoms with van der Waals surface area (Å²) in [7, 11) is 6.24. The molecule has 0 aliphatic carbocycles. The summed E-state index contributed by atoms with van der Waals surface area (Å²) >= 11 is 0. The van der Waals surface area contributed by atoms with Gasteiger partial charge in [0.1, 0.15) is 23.9 Å². The number of aromatic nitrogens is 2. The number of hydrogen-bond acceptors (Lipinski definition) is 7. The smallest absolute Gasteiger partial charge is 0.251 e. The molecule has 3 aromatic carbocycles. The first-order valence-electron chi connectivity index (χ1n) is 13.4. The van der Waals surface area contributed by atoms with Crippen LogP contribution in [0.3, 0.4) is 0 Å². The molecular weight excluding hydrogens is 510 g/mol. The molecule has 0 radical (unpaired) electrons. The summed E-state index contributed by atoms with van der Waals surface area (Å²) in [5.41, 5.74) is 2.55. The molecule has 1 N–H and O–H groups in total. The summed E-state index contributed by atoms with van der Waals surface area (Å²) in [6.07, 6.45) is 3.62. The first-order chi connectivity index (χ1) is 19.6. The third-order valence-corrected chi connectivity index (χ3v) is 6.67. The molecule has 0 fully saturated rings. The standard InChI is InChI=1S/C31H37N3O6/c1-36-23-13-15-24(16-14-23)40-19-18-34-26-11-8-7-10-25(26)33-29(34)12-6-5-9-17-32-31(35)22-20-27(37-2)30(39-4)28(21-22)38-3/h7-8,10-11,13-16,20-21H,5-6,9,12,17-19H2,1-4H3,(H,32,35). The number of para-hydroxylation sites is 2. The van der Waals surface area contributed by atoms with Crippen molar-refractivity contribution < 1.29 is 28.5 Å². The highest BCUT2D eigenvalue weighted by atomic mass is 16.5. The van der Waals surface area contributed by atoms with E-state index in [4.69, 9.17) is 28.7 Å². The van der Waals surface area contributed by atoms with Gasteiger partial charge < -0.3 is 33.6 Å². The van der Waals surface area contributed by atoms with Gasteiger partial charge in [-0.1, -0.05) is 18.6 Å². The number of hydrogen-bond donors (Lipinski definition) is 1. The second kappa shape index (κ2) is 14.1. The van der Waals surface area contributed by atoms with Crippen molar-refractivity contribution in [2.24, 2.45) is 0 Å². The highest BCUT2D eigenvalue weighted by Gasteiger charge is 2.17. The number of aryl methyl sites for hydroxylation is 1. The van der Waals surface area contributed by atoms with Gasteiger partial charge in [0.25, 0.3) is 5.91 Å². The largest absolute Gasteiger partial charge is 0.497 e. The average Bonchev–Trinajstić information content (AvgIpc) is 3.35. The summed E-state index contributed by atoms with van der Waals surface area (Å²) in [6, 6.07) is 19.1. The molecule has 40 heavy (non-hydrogen) atoms. The molecule has 0 saturated carbocycles. The zero-order valence-corrected chi connectivity index (χ0v) is 23.6. The first-order valence-corrected chi connectivity index (χ1v) is 13.4. The lowest BCUT2D eigenvalue weighted by molar-refractivity contribution is 0.0952. The fourth-order valence-electron chi connectivity index (χ4n) is 4.59. The number of fused-ring (bicyclic) bond motifs is 1. The Morgan fingerprint density at radius 2 is 1.52 bits per heavy atom. The molecule has 4 aromatic rings. The van der Waals surface area contributed by atoms with Crippen LogP contribution in [-0.4, -0.2) is 57.0 Å². The lowest BCUT2D eigenvalue weighted by Crippen LogP contribution is -2.24. The number of unbranched alkanes of at least 4 members (excludes halogenated alkanes) is 2. The molecule has 9 nitrogen and oxygen atoms in total. The third-order valence-electron chi connectivity index (χ3n) is 6.67. The van der Waals surface area contributed by atoms with E-state index >= 15 is 0 Å². The predicted molar refractivity (Wildman–Crippen MR) is 154 cm³/mol. The minimum absolute atomic E-state index is 0.182. The van der Waals surface area contributed by atoms with Crippen LogP contribution < -0.4 is 29.0 Å². The number of ether oxygens (including phenoxy) is 5. The zero-order valence-electron chi connectivity index (χ0n) is 23.6. The van der Waals surface area contributed by atoms with Crippen LogP contribution in [0.1, 0.15) is 35.4 Å². The number of amides is 1. The molecule has 0 atom stereocenters. The van der Waals surface area contributed by atoms with Gasteiger partial charge in [-0.25, -0.2) is 4.98 Å². The Bertz CT molecular complexity index is 1380. The lowest BCUT2D eigenvalue weighted by Gasteiger charge is -2.14. The van der Waals surface area contributed by atoms with Gasteiger partial charge in [-0.3, -0.25) is 4.79 Å². The Hall–Kier alpha value is -4.40. The Balaban J connectivity index is 1.27. The van der Waals surface area contributed by atoms with E-state index in [1.165, 1.54) is 21.3 Å². The van der Waals surface area contributed by atoms with Crippen molar-refractivity contribution in [3.05, 3.63) is 72.1 Å². The van der Waals surface area contributed by atoms with Crippen molar-refractivity contribution in [3.63, 3.8) is 0 Å². The van der Waals surface area contributed by atoms with Crippen LogP contribution in [0.2, 0.25) is 0 Å². The van der Waals surface area contributed by atoms with E-state index in [0.29, 0.717) is 42.5 Å². The third kappa shape index (κ3) is 6.97. The Morgan fingerprint density at radius 1 is 0.825 bits per heavy atom. The normalized spacial score (nSPS) is 10.8. The number of carbonyl (C=O) groups excluding carboxylic acids is 1. The van der Waals surface area contributed by atoms with Gasteiger partial charge in [0.05, 0.1) is 46.0 Å². The number of nitrogens with one attached hydrogen (secondary N) is 1. The molecule has 0 aliphatic heterocycles. The van der Waals surface area contributed by atoms with Crippen LogP contribution in [0.4, 0.5) is 0 Å². The number of carbonyl (C=O) groups is 1. The summed E-state index contributed by atoms with van der Waals surface area (Å²) in [5.74, 6) is 3.82. The minimum atomic E-state index is -0.182. The fourth-order valence-corrected chi connectivity index (χ4v) is 4.59. The topological polar surface area (TPSA) is 93.1 Å². The van der Waals surface area contributed by atoms with E-state index in [9.17, 15) is 4.79 Å². The zero-order chi connectivity index (χ0) is 28.3. The molecule has 0 spiro atoms. The van der Waals surface area contributed by atoms with E-state index in [2.05, 4.69) is 16.0 Å². The molecule has 1 amide bonds. The maximum Gasteiger partial charge on any atom is 0.251 e. The monoisotopic (exact) mass is 547 g/mol. The van der Waals surface area contributed by atoms with Crippen LogP contribution in [0.5, 0.6) is 28.7 Å². The number of imidazole rings is 1. The first kappa shape index (κ1) is 28.6. The van der Waals surface area contributed by atoms with Gasteiger partial charge in [-0.15, -0.1) is 0 Å². The molecule has 1 aromatic heterocycles. The van der Waals surface area contributed by atoms with E-state index < -0.39 is 0 Å². The van der Waals surface area contributed by atoms with Crippen LogP contribution in [-0.2, 0) is 13.0 Å². The van der Waals surface area contributed by atoms with Crippen molar-refractivity contribution in [3.8, 4) is 28.7 Å². The maximum atomic E-state index is 12.7.